The zero-order valence-electron chi connectivity index (χ0n) is 37.0. The first kappa shape index (κ1) is 45.1. The van der Waals surface area contributed by atoms with Crippen LogP contribution in [-0.4, -0.2) is 46.8 Å². The maximum Gasteiger partial charge on any atom is 0.412 e. The molecule has 4 amide bonds. The number of hydrogen-bond acceptors (Lipinski definition) is 8. The van der Waals surface area contributed by atoms with E-state index in [1.165, 1.54) is 0 Å². The lowest BCUT2D eigenvalue weighted by atomic mass is 9.87. The second-order valence-corrected chi connectivity index (χ2v) is 19.0. The minimum atomic E-state index is -0.730. The number of hydrogen-bond donors (Lipinski definition) is 4. The number of rotatable bonds is 6. The Balaban J connectivity index is 1.48. The van der Waals surface area contributed by atoms with Gasteiger partial charge in [0.2, 0.25) is 0 Å². The molecule has 0 saturated carbocycles. The van der Waals surface area contributed by atoms with Crippen LogP contribution in [0.3, 0.4) is 0 Å². The molecule has 0 unspecified atom stereocenters. The maximum atomic E-state index is 13.0. The first-order chi connectivity index (χ1) is 27.8. The highest BCUT2D eigenvalue weighted by molar-refractivity contribution is 5.98. The van der Waals surface area contributed by atoms with Crippen LogP contribution in [-0.2, 0) is 44.6 Å². The minimum absolute atomic E-state index is 0.371. The van der Waals surface area contributed by atoms with Gasteiger partial charge in [-0.05, 0) is 178 Å². The zero-order valence-corrected chi connectivity index (χ0v) is 37.0. The molecular weight excluding hydrogens is 761 g/mol. The van der Waals surface area contributed by atoms with Gasteiger partial charge in [-0.2, -0.15) is 0 Å². The molecule has 4 aliphatic rings. The van der Waals surface area contributed by atoms with Crippen molar-refractivity contribution >= 4 is 47.1 Å². The molecule has 12 heteroatoms. The summed E-state index contributed by atoms with van der Waals surface area (Å²) < 4.78 is 22.1. The van der Waals surface area contributed by atoms with Crippen LogP contribution in [0, 0.1) is 0 Å². The summed E-state index contributed by atoms with van der Waals surface area (Å²) in [6.07, 6.45) is 0.287. The average Bonchev–Trinajstić information content (AvgIpc) is 3.07. The third-order valence-electron chi connectivity index (χ3n) is 8.92. The van der Waals surface area contributed by atoms with Gasteiger partial charge in [0.1, 0.15) is 22.4 Å². The summed E-state index contributed by atoms with van der Waals surface area (Å²) in [4.78, 5) is 51.7. The van der Waals surface area contributed by atoms with Crippen LogP contribution in [0.15, 0.2) is 72.8 Å². The van der Waals surface area contributed by atoms with E-state index in [0.717, 1.165) is 57.3 Å². The van der Waals surface area contributed by atoms with Crippen molar-refractivity contribution in [1.29, 1.82) is 0 Å². The smallest absolute Gasteiger partial charge is 0.412 e. The Morgan fingerprint density at radius 3 is 0.983 bits per heavy atom. The van der Waals surface area contributed by atoms with Gasteiger partial charge in [-0.25, -0.2) is 19.2 Å². The van der Waals surface area contributed by atoms with Gasteiger partial charge in [-0.15, -0.1) is 0 Å². The number of nitrogens with one attached hydrogen (secondary N) is 4. The molecular formula is C48H60N4O8. The second kappa shape index (κ2) is 17.7. The van der Waals surface area contributed by atoms with Crippen molar-refractivity contribution in [2.24, 2.45) is 0 Å². The third-order valence-corrected chi connectivity index (χ3v) is 8.92. The standard InChI is InChI=1S/C48H60N4O8/c1-45(2,3)57-41(53)49-37-23-21-33(27-39(37)51-43(55)59-47(7,8)9)35-25-29-13-17-31(35)19-15-30-14-18-32(20-16-29)36(26-30)34-22-24-38(50-42(54)58-46(4,5)6)40(28-34)52-44(56)60-48(10,11)12/h13-14,17-18,21-28H,15-16,19-20H2,1-12H3,(H,49,53)(H,50,54)(H,51,55)(H,52,56). The van der Waals surface area contributed by atoms with Crippen LogP contribution in [0.25, 0.3) is 22.3 Å². The molecule has 4 aromatic carbocycles. The van der Waals surface area contributed by atoms with E-state index < -0.39 is 46.8 Å². The molecule has 4 aliphatic carbocycles. The summed E-state index contributed by atoms with van der Waals surface area (Å²) in [5.74, 6) is 0. The van der Waals surface area contributed by atoms with Crippen molar-refractivity contribution in [3.05, 3.63) is 95.1 Å². The van der Waals surface area contributed by atoms with Crippen LogP contribution in [0.1, 0.15) is 105 Å². The predicted octanol–water partition coefficient (Wildman–Crippen LogP) is 12.3. The van der Waals surface area contributed by atoms with E-state index in [9.17, 15) is 19.2 Å². The fourth-order valence-electron chi connectivity index (χ4n) is 6.59. The first-order valence-electron chi connectivity index (χ1n) is 20.3. The Labute approximate surface area is 354 Å². The van der Waals surface area contributed by atoms with Crippen molar-refractivity contribution in [3.63, 3.8) is 0 Å². The summed E-state index contributed by atoms with van der Waals surface area (Å²) in [5.41, 5.74) is 6.83. The van der Waals surface area contributed by atoms with E-state index in [4.69, 9.17) is 18.9 Å². The van der Waals surface area contributed by atoms with E-state index in [1.807, 2.05) is 24.3 Å². The van der Waals surface area contributed by atoms with Crippen LogP contribution < -0.4 is 21.3 Å². The van der Waals surface area contributed by atoms with Gasteiger partial charge in [0, 0.05) is 0 Å². The molecule has 12 nitrogen and oxygen atoms in total. The lowest BCUT2D eigenvalue weighted by molar-refractivity contribution is 0.0621. The van der Waals surface area contributed by atoms with Crippen LogP contribution in [0.4, 0.5) is 41.9 Å². The van der Waals surface area contributed by atoms with Crippen LogP contribution in [0.5, 0.6) is 0 Å². The number of carbonyl (C=O) groups excluding carboxylic acids is 4. The van der Waals surface area contributed by atoms with E-state index in [1.54, 1.807) is 95.2 Å². The van der Waals surface area contributed by atoms with Gasteiger partial charge in [0.05, 0.1) is 22.7 Å². The summed E-state index contributed by atoms with van der Waals surface area (Å²) in [6, 6.07) is 24.1. The normalized spacial score (nSPS) is 13.0. The maximum absolute atomic E-state index is 13.0. The Kier molecular flexibility index (Phi) is 13.3. The Morgan fingerprint density at radius 2 is 0.683 bits per heavy atom. The van der Waals surface area contributed by atoms with Gasteiger partial charge in [-0.1, -0.05) is 48.5 Å². The molecule has 0 aliphatic heterocycles. The molecule has 0 radical (unpaired) electrons. The number of anilines is 4. The minimum Gasteiger partial charge on any atom is -0.444 e. The number of benzene rings is 4. The van der Waals surface area contributed by atoms with E-state index >= 15 is 0 Å². The van der Waals surface area contributed by atoms with Gasteiger partial charge in [-0.3, -0.25) is 21.3 Å². The zero-order chi connectivity index (χ0) is 44.2. The van der Waals surface area contributed by atoms with Gasteiger partial charge in [0.25, 0.3) is 0 Å². The Hall–Kier alpha value is -6.04. The molecule has 0 fully saturated rings. The molecule has 4 N–H and O–H groups in total. The lowest BCUT2D eigenvalue weighted by Gasteiger charge is -2.23. The average molecular weight is 821 g/mol. The largest absolute Gasteiger partial charge is 0.444 e. The van der Waals surface area contributed by atoms with Crippen molar-refractivity contribution in [2.75, 3.05) is 21.3 Å². The van der Waals surface area contributed by atoms with Gasteiger partial charge < -0.3 is 18.9 Å². The molecule has 0 spiro atoms. The van der Waals surface area contributed by atoms with E-state index in [-0.39, 0.29) is 0 Å². The highest BCUT2D eigenvalue weighted by atomic mass is 16.6. The second-order valence-electron chi connectivity index (χ2n) is 19.0. The monoisotopic (exact) mass is 820 g/mol. The first-order valence-corrected chi connectivity index (χ1v) is 20.3. The fraction of sp³-hybridized carbons (Fsp3) is 0.417. The SMILES string of the molecule is CC(C)(C)OC(=O)Nc1ccc(-c2cc3ccc2CCc2ccc(c(-c4ccc(NC(=O)OC(C)(C)C)c(NC(=O)OC(C)(C)C)c4)c2)CC3)cc1NC(=O)OC(C)(C)C. The lowest BCUT2D eigenvalue weighted by Crippen LogP contribution is -2.29. The number of ether oxygens (including phenoxy) is 4. The summed E-state index contributed by atoms with van der Waals surface area (Å²) in [5, 5.41) is 11.3. The molecule has 0 atom stereocenters. The fourth-order valence-corrected chi connectivity index (χ4v) is 6.59. The number of amides is 4. The van der Waals surface area contributed by atoms with Crippen LogP contribution >= 0.6 is 0 Å². The van der Waals surface area contributed by atoms with Crippen LogP contribution in [0.2, 0.25) is 0 Å². The highest BCUT2D eigenvalue weighted by Crippen LogP contribution is 2.37. The van der Waals surface area contributed by atoms with Crippen molar-refractivity contribution < 1.29 is 38.1 Å². The summed E-state index contributed by atoms with van der Waals surface area (Å²) in [6.45, 7) is 21.4. The summed E-state index contributed by atoms with van der Waals surface area (Å²) >= 11 is 0. The van der Waals surface area contributed by atoms with E-state index in [2.05, 4.69) is 57.7 Å². The third kappa shape index (κ3) is 13.5. The molecule has 4 bridgehead atoms. The quantitative estimate of drug-likeness (QED) is 0.140. The van der Waals surface area contributed by atoms with E-state index in [0.29, 0.717) is 35.6 Å². The molecule has 0 heterocycles. The molecule has 4 aromatic rings. The van der Waals surface area contributed by atoms with Gasteiger partial charge in [0.15, 0.2) is 0 Å². The molecule has 60 heavy (non-hydrogen) atoms. The number of aryl methyl sites for hydroxylation is 4. The number of carbonyl (C=O) groups is 4. The topological polar surface area (TPSA) is 153 Å². The predicted molar refractivity (Wildman–Crippen MR) is 238 cm³/mol. The van der Waals surface area contributed by atoms with Crippen molar-refractivity contribution in [2.45, 2.75) is 131 Å². The molecule has 320 valence electrons. The van der Waals surface area contributed by atoms with Gasteiger partial charge >= 0.3 is 24.4 Å². The Bertz CT molecular complexity index is 2100. The molecule has 0 saturated heterocycles. The molecule has 8 rings (SSSR count). The summed E-state index contributed by atoms with van der Waals surface area (Å²) in [7, 11) is 0. The highest BCUT2D eigenvalue weighted by Gasteiger charge is 2.24. The Morgan fingerprint density at radius 1 is 0.383 bits per heavy atom. The van der Waals surface area contributed by atoms with Crippen molar-refractivity contribution in [3.8, 4) is 22.3 Å². The molecule has 0 aromatic heterocycles. The van der Waals surface area contributed by atoms with Crippen molar-refractivity contribution in [1.82, 2.24) is 0 Å².